The predicted molar refractivity (Wildman–Crippen MR) is 99.2 cm³/mol. The topological polar surface area (TPSA) is 95.1 Å². The van der Waals surface area contributed by atoms with E-state index in [9.17, 15) is 19.5 Å². The summed E-state index contributed by atoms with van der Waals surface area (Å²) in [6.45, 7) is 6.88. The molecule has 1 aromatic heterocycles. The zero-order valence-corrected chi connectivity index (χ0v) is 16.7. The molecule has 144 valence electrons. The van der Waals surface area contributed by atoms with E-state index in [0.717, 1.165) is 18.3 Å². The number of ketones is 1. The molecule has 0 saturated heterocycles. The Kier molecular flexibility index (Phi) is 6.04. The highest BCUT2D eigenvalue weighted by molar-refractivity contribution is 9.10. The van der Waals surface area contributed by atoms with Crippen molar-refractivity contribution < 1.29 is 28.6 Å². The van der Waals surface area contributed by atoms with Crippen LogP contribution in [-0.4, -0.2) is 22.4 Å². The number of phenolic OH excluding ortho intramolecular Hbond substituents is 1. The number of hydrogen-bond donors (Lipinski definition) is 1. The lowest BCUT2D eigenvalue weighted by Gasteiger charge is -2.16. The van der Waals surface area contributed by atoms with Crippen molar-refractivity contribution in [2.75, 3.05) is 0 Å². The number of halogens is 2. The molecular formula is C18H18BrFN2O5. The molecule has 7 nitrogen and oxygen atoms in total. The van der Waals surface area contributed by atoms with E-state index >= 15 is 0 Å². The number of ether oxygens (including phenoxy) is 1. The molecule has 0 aliphatic heterocycles. The van der Waals surface area contributed by atoms with Gasteiger partial charge in [-0.05, 0) is 48.8 Å². The lowest BCUT2D eigenvalue weighted by atomic mass is 10.1. The van der Waals surface area contributed by atoms with Gasteiger partial charge in [0.25, 0.3) is 5.78 Å². The van der Waals surface area contributed by atoms with E-state index in [1.165, 1.54) is 19.1 Å². The standard InChI is InChI=1S/C18H18BrFN2O5/c1-10(21-27-18(2,3)4)26-15-6-5-7-22(25)16(15)17(24)11-8-12(19)13(20)9-14(11)23/h5-9,23H,1-4H3/b21-10-. The SMILES string of the molecule is C/C(=N/OC(C)(C)C)Oc1ccc[n+]([O-])c1C(=O)c1cc(Br)c(F)cc1O. The van der Waals surface area contributed by atoms with Crippen molar-refractivity contribution in [1.29, 1.82) is 0 Å². The van der Waals surface area contributed by atoms with Crippen LogP contribution in [0.4, 0.5) is 4.39 Å². The molecule has 0 aliphatic rings. The van der Waals surface area contributed by atoms with Crippen LogP contribution in [0, 0.1) is 11.0 Å². The summed E-state index contributed by atoms with van der Waals surface area (Å²) in [5, 5.41) is 25.9. The molecule has 0 spiro atoms. The molecule has 2 rings (SSSR count). The molecule has 0 unspecified atom stereocenters. The summed E-state index contributed by atoms with van der Waals surface area (Å²) in [4.78, 5) is 18.0. The molecule has 1 heterocycles. The van der Waals surface area contributed by atoms with Gasteiger partial charge in [0, 0.05) is 19.1 Å². The quantitative estimate of drug-likeness (QED) is 0.195. The second kappa shape index (κ2) is 7.91. The zero-order valence-electron chi connectivity index (χ0n) is 15.1. The summed E-state index contributed by atoms with van der Waals surface area (Å²) in [7, 11) is 0. The summed E-state index contributed by atoms with van der Waals surface area (Å²) in [6.07, 6.45) is 1.10. The van der Waals surface area contributed by atoms with Crippen molar-refractivity contribution in [3.8, 4) is 11.5 Å². The summed E-state index contributed by atoms with van der Waals surface area (Å²) in [6, 6.07) is 4.65. The van der Waals surface area contributed by atoms with Crippen LogP contribution in [0.15, 0.2) is 40.1 Å². The molecular weight excluding hydrogens is 423 g/mol. The minimum atomic E-state index is -0.844. The third-order valence-electron chi connectivity index (χ3n) is 3.13. The van der Waals surface area contributed by atoms with Gasteiger partial charge < -0.3 is 19.9 Å². The van der Waals surface area contributed by atoms with Crippen molar-refractivity contribution in [2.45, 2.75) is 33.3 Å². The van der Waals surface area contributed by atoms with Crippen LogP contribution in [-0.2, 0) is 4.84 Å². The van der Waals surface area contributed by atoms with Crippen LogP contribution in [0.25, 0.3) is 0 Å². The molecule has 9 heteroatoms. The Hall–Kier alpha value is -2.68. The molecule has 0 amide bonds. The summed E-state index contributed by atoms with van der Waals surface area (Å²) in [5.74, 6) is -2.21. The Morgan fingerprint density at radius 2 is 2.04 bits per heavy atom. The highest BCUT2D eigenvalue weighted by Crippen LogP contribution is 2.29. The largest absolute Gasteiger partial charge is 0.618 e. The fourth-order valence-electron chi connectivity index (χ4n) is 1.99. The maximum Gasteiger partial charge on any atom is 0.308 e. The van der Waals surface area contributed by atoms with Crippen LogP contribution in [0.3, 0.4) is 0 Å². The molecule has 0 bridgehead atoms. The van der Waals surface area contributed by atoms with Gasteiger partial charge in [-0.25, -0.2) is 4.39 Å². The highest BCUT2D eigenvalue weighted by atomic mass is 79.9. The van der Waals surface area contributed by atoms with Crippen LogP contribution in [0.2, 0.25) is 0 Å². The van der Waals surface area contributed by atoms with Crippen LogP contribution in [0.1, 0.15) is 43.7 Å². The molecule has 0 radical (unpaired) electrons. The van der Waals surface area contributed by atoms with Gasteiger partial charge in [0.15, 0.2) is 6.20 Å². The first kappa shape index (κ1) is 20.6. The smallest absolute Gasteiger partial charge is 0.308 e. The Labute approximate surface area is 163 Å². The number of hydrogen-bond acceptors (Lipinski definition) is 6. The number of pyridine rings is 1. The molecule has 0 fully saturated rings. The van der Waals surface area contributed by atoms with E-state index < -0.39 is 28.6 Å². The average molecular weight is 441 g/mol. The van der Waals surface area contributed by atoms with E-state index in [-0.39, 0.29) is 21.7 Å². The van der Waals surface area contributed by atoms with Gasteiger partial charge in [0.05, 0.1) is 10.0 Å². The second-order valence-corrected chi connectivity index (χ2v) is 7.43. The minimum absolute atomic E-state index is 0.0316. The highest BCUT2D eigenvalue weighted by Gasteiger charge is 2.28. The van der Waals surface area contributed by atoms with Gasteiger partial charge in [-0.2, -0.15) is 4.73 Å². The molecule has 0 atom stereocenters. The van der Waals surface area contributed by atoms with Gasteiger partial charge in [0.2, 0.25) is 11.6 Å². The Balaban J connectivity index is 2.44. The normalized spacial score (nSPS) is 12.0. The molecule has 27 heavy (non-hydrogen) atoms. The number of aromatic nitrogens is 1. The van der Waals surface area contributed by atoms with Gasteiger partial charge in [-0.15, -0.1) is 0 Å². The maximum atomic E-state index is 13.5. The van der Waals surface area contributed by atoms with Crippen molar-refractivity contribution in [1.82, 2.24) is 0 Å². The lowest BCUT2D eigenvalue weighted by molar-refractivity contribution is -0.607. The van der Waals surface area contributed by atoms with Crippen LogP contribution in [0.5, 0.6) is 11.5 Å². The number of rotatable bonds is 4. The Morgan fingerprint density at radius 1 is 1.37 bits per heavy atom. The van der Waals surface area contributed by atoms with Gasteiger partial charge in [-0.3, -0.25) is 4.79 Å². The van der Waals surface area contributed by atoms with Crippen LogP contribution < -0.4 is 9.47 Å². The maximum absolute atomic E-state index is 13.5. The fourth-order valence-corrected chi connectivity index (χ4v) is 2.33. The molecule has 0 aliphatic carbocycles. The lowest BCUT2D eigenvalue weighted by Crippen LogP contribution is -2.35. The number of carbonyl (C=O) groups is 1. The molecule has 2 aromatic rings. The summed E-state index contributed by atoms with van der Waals surface area (Å²) < 4.78 is 19.2. The molecule has 1 N–H and O–H groups in total. The number of phenols is 1. The van der Waals surface area contributed by atoms with Crippen LogP contribution >= 0.6 is 15.9 Å². The van der Waals surface area contributed by atoms with E-state index in [0.29, 0.717) is 4.73 Å². The number of benzene rings is 1. The number of aromatic hydroxyl groups is 1. The number of nitrogens with zero attached hydrogens (tertiary/aromatic N) is 2. The minimum Gasteiger partial charge on any atom is -0.618 e. The summed E-state index contributed by atoms with van der Waals surface area (Å²) in [5.41, 5.74) is -1.20. The Bertz CT molecular complexity index is 909. The van der Waals surface area contributed by atoms with Crippen molar-refractivity contribution in [3.05, 3.63) is 57.2 Å². The van der Waals surface area contributed by atoms with E-state index in [2.05, 4.69) is 21.1 Å². The van der Waals surface area contributed by atoms with E-state index in [1.54, 1.807) is 20.8 Å². The van der Waals surface area contributed by atoms with E-state index in [1.807, 2.05) is 0 Å². The third kappa shape index (κ3) is 5.16. The zero-order chi connectivity index (χ0) is 20.4. The van der Waals surface area contributed by atoms with Gasteiger partial charge in [-0.1, -0.05) is 5.16 Å². The predicted octanol–water partition coefficient (Wildman–Crippen LogP) is 3.69. The van der Waals surface area contributed by atoms with Crippen molar-refractivity contribution in [3.63, 3.8) is 0 Å². The molecule has 1 aromatic carbocycles. The van der Waals surface area contributed by atoms with Gasteiger partial charge >= 0.3 is 5.69 Å². The first-order valence-corrected chi connectivity index (χ1v) is 8.64. The Morgan fingerprint density at radius 3 is 2.67 bits per heavy atom. The molecule has 0 saturated carbocycles. The average Bonchev–Trinajstić information content (AvgIpc) is 2.55. The number of carbonyl (C=O) groups excluding carboxylic acids is 1. The van der Waals surface area contributed by atoms with E-state index in [4.69, 9.17) is 9.57 Å². The van der Waals surface area contributed by atoms with Crippen molar-refractivity contribution in [2.24, 2.45) is 5.16 Å². The fraction of sp³-hybridized carbons (Fsp3) is 0.278. The van der Waals surface area contributed by atoms with Crippen molar-refractivity contribution >= 4 is 27.6 Å². The first-order chi connectivity index (χ1) is 12.5. The van der Waals surface area contributed by atoms with Gasteiger partial charge in [0.1, 0.15) is 17.2 Å². The monoisotopic (exact) mass is 440 g/mol. The first-order valence-electron chi connectivity index (χ1n) is 7.85. The number of oxime groups is 1. The third-order valence-corrected chi connectivity index (χ3v) is 3.73. The second-order valence-electron chi connectivity index (χ2n) is 6.58. The summed E-state index contributed by atoms with van der Waals surface area (Å²) >= 11 is 2.95.